The van der Waals surface area contributed by atoms with Crippen molar-refractivity contribution in [1.29, 1.82) is 0 Å². The van der Waals surface area contributed by atoms with E-state index in [9.17, 15) is 4.79 Å². The monoisotopic (exact) mass is 231 g/mol. The number of hydrogen-bond acceptors (Lipinski definition) is 4. The number of carbonyl (C=O) groups excluding carboxylic acids is 1. The predicted molar refractivity (Wildman–Crippen MR) is 57.6 cm³/mol. The van der Waals surface area contributed by atoms with Gasteiger partial charge in [0.2, 0.25) is 0 Å². The first-order valence-corrected chi connectivity index (χ1v) is 4.95. The van der Waals surface area contributed by atoms with Gasteiger partial charge in [0.1, 0.15) is 5.02 Å². The molecule has 0 aliphatic rings. The number of nitrogen functional groups attached to an aromatic ring is 1. The molecule has 1 heterocycles. The van der Waals surface area contributed by atoms with Gasteiger partial charge in [-0.25, -0.2) is 4.79 Å². The normalized spacial score (nSPS) is 11.5. The van der Waals surface area contributed by atoms with Crippen LogP contribution < -0.4 is 5.73 Å². The number of aromatic nitrogens is 2. The van der Waals surface area contributed by atoms with Crippen molar-refractivity contribution in [3.8, 4) is 0 Å². The Morgan fingerprint density at radius 3 is 2.73 bits per heavy atom. The van der Waals surface area contributed by atoms with Crippen molar-refractivity contribution in [2.24, 2.45) is 0 Å². The summed E-state index contributed by atoms with van der Waals surface area (Å²) in [7, 11) is 0. The highest BCUT2D eigenvalue weighted by molar-refractivity contribution is 6.32. The molecular weight excluding hydrogens is 218 g/mol. The quantitative estimate of drug-likeness (QED) is 0.799. The molecule has 1 aromatic heterocycles. The number of halogens is 1. The van der Waals surface area contributed by atoms with E-state index < -0.39 is 5.54 Å². The summed E-state index contributed by atoms with van der Waals surface area (Å²) in [6, 6.07) is 0. The van der Waals surface area contributed by atoms with E-state index in [1.165, 1.54) is 10.9 Å². The first kappa shape index (κ1) is 11.8. The van der Waals surface area contributed by atoms with Crippen molar-refractivity contribution < 1.29 is 9.53 Å². The maximum absolute atomic E-state index is 11.6. The number of rotatable bonds is 3. The average Bonchev–Trinajstić information content (AvgIpc) is 2.48. The zero-order valence-corrected chi connectivity index (χ0v) is 9.71. The van der Waals surface area contributed by atoms with Gasteiger partial charge < -0.3 is 10.5 Å². The number of nitrogens with zero attached hydrogens (tertiary/aromatic N) is 2. The minimum absolute atomic E-state index is 0.203. The standard InChI is InChI=1S/C9H14ClN3O2/c1-4-15-8(14)9(2,3)13-5-6(10)7(11)12-13/h5H,4H2,1-3H3,(H2,11,12). The number of nitrogens with two attached hydrogens (primary N) is 1. The molecule has 0 saturated carbocycles. The third-order valence-electron chi connectivity index (χ3n) is 2.04. The summed E-state index contributed by atoms with van der Waals surface area (Å²) in [6.45, 7) is 5.45. The van der Waals surface area contributed by atoms with E-state index in [2.05, 4.69) is 5.10 Å². The Kier molecular flexibility index (Phi) is 3.24. The van der Waals surface area contributed by atoms with Crippen molar-refractivity contribution in [1.82, 2.24) is 9.78 Å². The van der Waals surface area contributed by atoms with Gasteiger partial charge in [-0.2, -0.15) is 5.10 Å². The Balaban J connectivity index is 2.99. The molecule has 2 N–H and O–H groups in total. The van der Waals surface area contributed by atoms with E-state index in [0.717, 1.165) is 0 Å². The van der Waals surface area contributed by atoms with Crippen molar-refractivity contribution >= 4 is 23.4 Å². The highest BCUT2D eigenvalue weighted by Gasteiger charge is 2.32. The second kappa shape index (κ2) is 4.10. The molecule has 0 amide bonds. The summed E-state index contributed by atoms with van der Waals surface area (Å²) < 4.78 is 6.33. The summed E-state index contributed by atoms with van der Waals surface area (Å²) in [4.78, 5) is 11.6. The van der Waals surface area contributed by atoms with Gasteiger partial charge in [0.25, 0.3) is 0 Å². The molecule has 0 aromatic carbocycles. The summed E-state index contributed by atoms with van der Waals surface area (Å²) in [5.74, 6) is -0.168. The van der Waals surface area contributed by atoms with Crippen LogP contribution in [0.15, 0.2) is 6.20 Å². The Bertz CT molecular complexity index is 354. The molecule has 1 aromatic rings. The average molecular weight is 232 g/mol. The minimum atomic E-state index is -0.905. The first-order chi connectivity index (χ1) is 6.89. The van der Waals surface area contributed by atoms with Gasteiger partial charge in [-0.3, -0.25) is 4.68 Å². The van der Waals surface area contributed by atoms with Crippen molar-refractivity contribution in [2.45, 2.75) is 26.3 Å². The predicted octanol–water partition coefficient (Wildman–Crippen LogP) is 1.42. The fraction of sp³-hybridized carbons (Fsp3) is 0.556. The van der Waals surface area contributed by atoms with Crippen LogP contribution in [0, 0.1) is 0 Å². The SMILES string of the molecule is CCOC(=O)C(C)(C)n1cc(Cl)c(N)n1. The lowest BCUT2D eigenvalue weighted by atomic mass is 10.1. The third kappa shape index (κ3) is 2.23. The van der Waals surface area contributed by atoms with Crippen molar-refractivity contribution in [2.75, 3.05) is 12.3 Å². The Morgan fingerprint density at radius 1 is 1.73 bits per heavy atom. The van der Waals surface area contributed by atoms with Gasteiger partial charge in [-0.05, 0) is 20.8 Å². The van der Waals surface area contributed by atoms with Crippen molar-refractivity contribution in [3.05, 3.63) is 11.2 Å². The van der Waals surface area contributed by atoms with Gasteiger partial charge in [0, 0.05) is 6.20 Å². The molecule has 0 atom stereocenters. The van der Waals surface area contributed by atoms with E-state index in [1.54, 1.807) is 20.8 Å². The van der Waals surface area contributed by atoms with Crippen molar-refractivity contribution in [3.63, 3.8) is 0 Å². The van der Waals surface area contributed by atoms with Crippen LogP contribution in [0.25, 0.3) is 0 Å². The van der Waals surface area contributed by atoms with E-state index in [1.807, 2.05) is 0 Å². The minimum Gasteiger partial charge on any atom is -0.464 e. The number of esters is 1. The van der Waals surface area contributed by atoms with Crippen LogP contribution >= 0.6 is 11.6 Å². The van der Waals surface area contributed by atoms with E-state index >= 15 is 0 Å². The van der Waals surface area contributed by atoms with Crippen LogP contribution in [-0.4, -0.2) is 22.4 Å². The van der Waals surface area contributed by atoms with E-state index in [-0.39, 0.29) is 11.8 Å². The zero-order chi connectivity index (χ0) is 11.6. The van der Waals surface area contributed by atoms with Gasteiger partial charge in [0.05, 0.1) is 6.61 Å². The second-order valence-electron chi connectivity index (χ2n) is 3.59. The molecule has 0 saturated heterocycles. The smallest absolute Gasteiger partial charge is 0.333 e. The molecule has 84 valence electrons. The van der Waals surface area contributed by atoms with Gasteiger partial charge >= 0.3 is 5.97 Å². The van der Waals surface area contributed by atoms with Crippen LogP contribution in [0.4, 0.5) is 5.82 Å². The summed E-state index contributed by atoms with van der Waals surface area (Å²) in [6.07, 6.45) is 1.51. The van der Waals surface area contributed by atoms with Crippen LogP contribution in [0.3, 0.4) is 0 Å². The maximum Gasteiger partial charge on any atom is 0.333 e. The molecule has 6 heteroatoms. The van der Waals surface area contributed by atoms with E-state index in [0.29, 0.717) is 11.6 Å². The van der Waals surface area contributed by atoms with Crippen LogP contribution in [0.2, 0.25) is 5.02 Å². The van der Waals surface area contributed by atoms with Gasteiger partial charge in [-0.1, -0.05) is 11.6 Å². The molecular formula is C9H14ClN3O2. The summed E-state index contributed by atoms with van der Waals surface area (Å²) in [5, 5.41) is 4.27. The zero-order valence-electron chi connectivity index (χ0n) is 8.95. The number of anilines is 1. The lowest BCUT2D eigenvalue weighted by Gasteiger charge is -2.22. The van der Waals surface area contributed by atoms with Gasteiger partial charge in [-0.15, -0.1) is 0 Å². The van der Waals surface area contributed by atoms with Crippen LogP contribution in [0.5, 0.6) is 0 Å². The molecule has 0 radical (unpaired) electrons. The fourth-order valence-electron chi connectivity index (χ4n) is 1.05. The van der Waals surface area contributed by atoms with E-state index in [4.69, 9.17) is 22.1 Å². The molecule has 0 spiro atoms. The van der Waals surface area contributed by atoms with Gasteiger partial charge in [0.15, 0.2) is 11.4 Å². The molecule has 0 aliphatic carbocycles. The molecule has 0 fully saturated rings. The third-order valence-corrected chi connectivity index (χ3v) is 2.33. The highest BCUT2D eigenvalue weighted by atomic mass is 35.5. The second-order valence-corrected chi connectivity index (χ2v) is 3.99. The van der Waals surface area contributed by atoms with Crippen LogP contribution in [-0.2, 0) is 15.1 Å². The molecule has 0 unspecified atom stereocenters. The number of hydrogen-bond donors (Lipinski definition) is 1. The molecule has 0 aliphatic heterocycles. The molecule has 5 nitrogen and oxygen atoms in total. The highest BCUT2D eigenvalue weighted by Crippen LogP contribution is 2.23. The lowest BCUT2D eigenvalue weighted by Crippen LogP contribution is -2.37. The maximum atomic E-state index is 11.6. The molecule has 0 bridgehead atoms. The number of ether oxygens (including phenoxy) is 1. The fourth-order valence-corrected chi connectivity index (χ4v) is 1.18. The topological polar surface area (TPSA) is 70.1 Å². The first-order valence-electron chi connectivity index (χ1n) is 4.58. The Labute approximate surface area is 93.1 Å². The lowest BCUT2D eigenvalue weighted by molar-refractivity contribution is -0.152. The molecule has 1 rings (SSSR count). The summed E-state index contributed by atoms with van der Waals surface area (Å²) >= 11 is 5.76. The summed E-state index contributed by atoms with van der Waals surface area (Å²) in [5.41, 5.74) is 4.59. The Hall–Kier alpha value is -1.23. The number of carbonyl (C=O) groups is 1. The molecule has 15 heavy (non-hydrogen) atoms. The van der Waals surface area contributed by atoms with Crippen LogP contribution in [0.1, 0.15) is 20.8 Å². The Morgan fingerprint density at radius 2 is 2.33 bits per heavy atom. The largest absolute Gasteiger partial charge is 0.464 e.